The molecule has 1 aliphatic heterocycles. The van der Waals surface area contributed by atoms with Crippen molar-refractivity contribution in [1.82, 2.24) is 4.90 Å². The van der Waals surface area contributed by atoms with E-state index in [0.29, 0.717) is 0 Å². The van der Waals surface area contributed by atoms with Crippen molar-refractivity contribution in [2.24, 2.45) is 4.76 Å². The number of amidine groups is 1. The van der Waals surface area contributed by atoms with Crippen molar-refractivity contribution >= 4 is 35.1 Å². The summed E-state index contributed by atoms with van der Waals surface area (Å²) in [7, 11) is 0. The molecule has 0 amide bonds. The summed E-state index contributed by atoms with van der Waals surface area (Å²) >= 11 is 11.5. The van der Waals surface area contributed by atoms with Crippen LogP contribution in [0.25, 0.3) is 0 Å². The Morgan fingerprint density at radius 3 is 2.69 bits per heavy atom. The molecule has 1 aromatic rings. The molecule has 0 aromatic heterocycles. The molecule has 0 bridgehead atoms. The fraction of sp³-hybridized carbons (Fsp3) is 0.364. The van der Waals surface area contributed by atoms with Crippen molar-refractivity contribution in [3.05, 3.63) is 35.9 Å². The number of hydrogen-bond acceptors (Lipinski definition) is 1. The molecule has 0 aliphatic carbocycles. The van der Waals surface area contributed by atoms with Crippen molar-refractivity contribution in [2.45, 2.75) is 19.4 Å². The van der Waals surface area contributed by atoms with E-state index in [0.717, 1.165) is 31.8 Å². The normalized spacial score (nSPS) is 18.7. The van der Waals surface area contributed by atoms with Gasteiger partial charge in [-0.1, -0.05) is 52.8 Å². The Kier molecular flexibility index (Phi) is 4.45. The van der Waals surface area contributed by atoms with Crippen LogP contribution in [0.15, 0.2) is 35.1 Å². The van der Waals surface area contributed by atoms with Gasteiger partial charge < -0.3 is 4.90 Å². The minimum atomic E-state index is -1.22. The van der Waals surface area contributed by atoms with Crippen LogP contribution < -0.4 is 0 Å². The first-order chi connectivity index (χ1) is 7.75. The number of nitrogens with zero attached hydrogens (tertiary/aromatic N) is 2. The summed E-state index contributed by atoms with van der Waals surface area (Å²) in [5, 5.41) is 0. The lowest BCUT2D eigenvalue weighted by atomic mass is 10.2. The minimum Gasteiger partial charge on any atom is -0.356 e. The predicted octanol–water partition coefficient (Wildman–Crippen LogP) is 4.39. The molecule has 0 atom stereocenters. The summed E-state index contributed by atoms with van der Waals surface area (Å²) in [5.74, 6) is 1.06. The molecule has 1 heterocycles. The monoisotopic (exact) mass is 274 g/mol. The lowest BCUT2D eigenvalue weighted by Crippen LogP contribution is -2.23. The van der Waals surface area contributed by atoms with Gasteiger partial charge >= 0.3 is 0 Å². The molecule has 1 saturated heterocycles. The van der Waals surface area contributed by atoms with Crippen molar-refractivity contribution in [3.8, 4) is 0 Å². The highest BCUT2D eigenvalue weighted by Gasteiger charge is 2.19. The molecule has 0 N–H and O–H groups in total. The van der Waals surface area contributed by atoms with Crippen LogP contribution in [-0.4, -0.2) is 17.3 Å². The highest BCUT2D eigenvalue weighted by atomic mass is 35.9. The smallest absolute Gasteiger partial charge is 0.208 e. The number of benzene rings is 1. The van der Waals surface area contributed by atoms with Crippen molar-refractivity contribution < 1.29 is 0 Å². The van der Waals surface area contributed by atoms with Crippen LogP contribution >= 0.6 is 29.3 Å². The maximum absolute atomic E-state index is 5.74. The number of rotatable bonds is 3. The van der Waals surface area contributed by atoms with E-state index in [-0.39, 0.29) is 0 Å². The van der Waals surface area contributed by atoms with E-state index in [1.807, 2.05) is 6.07 Å². The van der Waals surface area contributed by atoms with Crippen LogP contribution in [-0.2, 0) is 6.54 Å². The molecule has 1 aromatic carbocycles. The van der Waals surface area contributed by atoms with Crippen molar-refractivity contribution in [2.75, 3.05) is 6.54 Å². The number of halogens is 2. The molecular weight excluding hydrogens is 262 g/mol. The molecule has 0 radical (unpaired) electrons. The van der Waals surface area contributed by atoms with Gasteiger partial charge in [-0.3, -0.25) is 0 Å². The highest BCUT2D eigenvalue weighted by molar-refractivity contribution is 8.03. The Morgan fingerprint density at radius 2 is 2.00 bits per heavy atom. The molecule has 16 heavy (non-hydrogen) atoms. The second kappa shape index (κ2) is 5.86. The van der Waals surface area contributed by atoms with E-state index in [1.54, 1.807) is 0 Å². The Balaban J connectivity index is 2.04. The molecule has 2 nitrogen and oxygen atoms in total. The average Bonchev–Trinajstić information content (AvgIpc) is 2.66. The largest absolute Gasteiger partial charge is 0.356 e. The quantitative estimate of drug-likeness (QED) is 0.747. The Morgan fingerprint density at radius 1 is 1.25 bits per heavy atom. The first-order valence-electron chi connectivity index (χ1n) is 5.24. The minimum absolute atomic E-state index is 0.899. The number of likely N-dealkylation sites (tertiary alicyclic amines) is 1. The van der Waals surface area contributed by atoms with Gasteiger partial charge in [-0.05, 0) is 12.0 Å². The van der Waals surface area contributed by atoms with Gasteiger partial charge in [0.1, 0.15) is 5.84 Å². The highest BCUT2D eigenvalue weighted by Crippen LogP contribution is 2.49. The Labute approximate surface area is 107 Å². The van der Waals surface area contributed by atoms with Gasteiger partial charge in [0.15, 0.2) is 0 Å². The lowest BCUT2D eigenvalue weighted by Gasteiger charge is -2.18. The van der Waals surface area contributed by atoms with Gasteiger partial charge in [0.2, 0.25) is 6.78 Å². The molecule has 0 spiro atoms. The van der Waals surface area contributed by atoms with E-state index in [4.69, 9.17) is 22.5 Å². The fourth-order valence-corrected chi connectivity index (χ4v) is 2.81. The summed E-state index contributed by atoms with van der Waals surface area (Å²) in [4.78, 5) is 2.26. The Bertz CT molecular complexity index is 368. The molecule has 0 unspecified atom stereocenters. The van der Waals surface area contributed by atoms with Gasteiger partial charge in [0, 0.05) is 19.5 Å². The summed E-state index contributed by atoms with van der Waals surface area (Å²) in [6, 6.07) is 10.4. The van der Waals surface area contributed by atoms with E-state index >= 15 is 0 Å². The van der Waals surface area contributed by atoms with Gasteiger partial charge in [0.25, 0.3) is 0 Å². The average molecular weight is 275 g/mol. The van der Waals surface area contributed by atoms with Crippen LogP contribution in [0, 0.1) is 0 Å². The van der Waals surface area contributed by atoms with E-state index in [1.165, 1.54) is 5.56 Å². The van der Waals surface area contributed by atoms with Gasteiger partial charge in [-0.15, -0.1) is 0 Å². The summed E-state index contributed by atoms with van der Waals surface area (Å²) in [6.07, 6.45) is 2.13. The predicted molar refractivity (Wildman–Crippen MR) is 72.1 cm³/mol. The molecule has 1 fully saturated rings. The molecule has 5 heteroatoms. The lowest BCUT2D eigenvalue weighted by molar-refractivity contribution is 0.449. The van der Waals surface area contributed by atoms with Crippen LogP contribution in [0.1, 0.15) is 18.4 Å². The van der Waals surface area contributed by atoms with Crippen LogP contribution in [0.4, 0.5) is 0 Å². The SMILES string of the molecule is ClP(Cl)N=C1CCCN1Cc1ccccc1. The first kappa shape index (κ1) is 12.2. The maximum Gasteiger partial charge on any atom is 0.208 e. The summed E-state index contributed by atoms with van der Waals surface area (Å²) in [6.45, 7) is 0.724. The third kappa shape index (κ3) is 3.35. The topological polar surface area (TPSA) is 15.6 Å². The summed E-state index contributed by atoms with van der Waals surface area (Å²) < 4.78 is 4.29. The standard InChI is InChI=1S/C11H13Cl2N2P/c12-16(13)14-11-7-4-8-15(11)9-10-5-2-1-3-6-10/h1-3,5-6H,4,7-9H2. The zero-order valence-electron chi connectivity index (χ0n) is 8.81. The Hall–Kier alpha value is -0.300. The van der Waals surface area contributed by atoms with E-state index in [2.05, 4.69) is 33.9 Å². The second-order valence-corrected chi connectivity index (χ2v) is 6.81. The van der Waals surface area contributed by atoms with E-state index in [9.17, 15) is 0 Å². The summed E-state index contributed by atoms with van der Waals surface area (Å²) in [5.41, 5.74) is 1.30. The second-order valence-electron chi connectivity index (χ2n) is 3.74. The molecule has 2 rings (SSSR count). The van der Waals surface area contributed by atoms with E-state index < -0.39 is 6.78 Å². The molecular formula is C11H13Cl2N2P. The van der Waals surface area contributed by atoms with Gasteiger partial charge in [-0.2, -0.15) is 0 Å². The number of hydrogen-bond donors (Lipinski definition) is 0. The van der Waals surface area contributed by atoms with Gasteiger partial charge in [0.05, 0.1) is 0 Å². The van der Waals surface area contributed by atoms with Crippen LogP contribution in [0.5, 0.6) is 0 Å². The maximum atomic E-state index is 5.74. The molecule has 0 saturated carbocycles. The third-order valence-electron chi connectivity index (χ3n) is 2.60. The molecule has 86 valence electrons. The van der Waals surface area contributed by atoms with Crippen molar-refractivity contribution in [3.63, 3.8) is 0 Å². The van der Waals surface area contributed by atoms with Crippen LogP contribution in [0.2, 0.25) is 0 Å². The third-order valence-corrected chi connectivity index (χ3v) is 3.44. The molecule has 1 aliphatic rings. The fourth-order valence-electron chi connectivity index (χ4n) is 1.89. The zero-order chi connectivity index (χ0) is 11.4. The van der Waals surface area contributed by atoms with Gasteiger partial charge in [-0.25, -0.2) is 4.76 Å². The van der Waals surface area contributed by atoms with Crippen LogP contribution in [0.3, 0.4) is 0 Å². The van der Waals surface area contributed by atoms with Crippen molar-refractivity contribution in [1.29, 1.82) is 0 Å². The zero-order valence-corrected chi connectivity index (χ0v) is 11.2. The first-order valence-corrected chi connectivity index (χ1v) is 8.34.